The molecule has 0 atom stereocenters. The van der Waals surface area contributed by atoms with Gasteiger partial charge in [-0.2, -0.15) is 0 Å². The second kappa shape index (κ2) is 6.56. The van der Waals surface area contributed by atoms with Crippen LogP contribution in [0.4, 0.5) is 5.69 Å². The maximum absolute atomic E-state index is 12.5. The molecule has 2 rings (SSSR count). The minimum atomic E-state index is -3.61. The molecule has 1 aromatic carbocycles. The van der Waals surface area contributed by atoms with Crippen LogP contribution in [0.25, 0.3) is 0 Å². The van der Waals surface area contributed by atoms with Gasteiger partial charge in [0.05, 0.1) is 10.5 Å². The maximum atomic E-state index is 12.5. The van der Waals surface area contributed by atoms with Crippen molar-refractivity contribution in [1.82, 2.24) is 4.72 Å². The van der Waals surface area contributed by atoms with Gasteiger partial charge in [-0.1, -0.05) is 25.3 Å². The van der Waals surface area contributed by atoms with Gasteiger partial charge in [0.25, 0.3) is 0 Å². The highest BCUT2D eigenvalue weighted by molar-refractivity contribution is 7.89. The molecule has 0 amide bonds. The first kappa shape index (κ1) is 17.2. The van der Waals surface area contributed by atoms with Crippen LogP contribution in [0, 0.1) is 6.92 Å². The van der Waals surface area contributed by atoms with E-state index in [1.165, 1.54) is 0 Å². The number of hydrogen-bond acceptors (Lipinski definition) is 4. The molecule has 22 heavy (non-hydrogen) atoms. The fraction of sp³-hybridized carbons (Fsp3) is 0.625. The number of nitrogens with zero attached hydrogens (tertiary/aromatic N) is 1. The van der Waals surface area contributed by atoms with Gasteiger partial charge in [-0.3, -0.25) is 0 Å². The third-order valence-corrected chi connectivity index (χ3v) is 5.75. The molecule has 0 bridgehead atoms. The van der Waals surface area contributed by atoms with Gasteiger partial charge in [0.1, 0.15) is 0 Å². The van der Waals surface area contributed by atoms with Gasteiger partial charge in [-0.05, 0) is 37.5 Å². The van der Waals surface area contributed by atoms with E-state index in [0.29, 0.717) is 12.8 Å². The van der Waals surface area contributed by atoms with Crippen LogP contribution in [0.2, 0.25) is 0 Å². The van der Waals surface area contributed by atoms with E-state index in [0.717, 1.165) is 30.5 Å². The Labute approximate surface area is 133 Å². The van der Waals surface area contributed by atoms with E-state index in [2.05, 4.69) is 4.72 Å². The molecule has 2 N–H and O–H groups in total. The van der Waals surface area contributed by atoms with Crippen molar-refractivity contribution in [2.75, 3.05) is 25.5 Å². The van der Waals surface area contributed by atoms with Gasteiger partial charge < -0.3 is 10.0 Å². The lowest BCUT2D eigenvalue weighted by Gasteiger charge is -2.32. The fourth-order valence-electron chi connectivity index (χ4n) is 2.94. The van der Waals surface area contributed by atoms with Gasteiger partial charge >= 0.3 is 0 Å². The summed E-state index contributed by atoms with van der Waals surface area (Å²) in [5.74, 6) is 0. The highest BCUT2D eigenvalue weighted by Crippen LogP contribution is 2.28. The first-order valence-electron chi connectivity index (χ1n) is 7.74. The number of nitrogens with one attached hydrogen (secondary N) is 1. The molecular weight excluding hydrogens is 300 g/mol. The van der Waals surface area contributed by atoms with E-state index in [4.69, 9.17) is 0 Å². The number of anilines is 1. The van der Waals surface area contributed by atoms with Crippen LogP contribution in [0.15, 0.2) is 23.1 Å². The number of aliphatic hydroxyl groups is 1. The van der Waals surface area contributed by atoms with Crippen LogP contribution in [0.3, 0.4) is 0 Å². The Bertz CT molecular complexity index is 620. The zero-order chi connectivity index (χ0) is 16.4. The maximum Gasteiger partial charge on any atom is 0.240 e. The van der Waals surface area contributed by atoms with Crippen LogP contribution in [-0.4, -0.2) is 39.8 Å². The Hall–Kier alpha value is -1.11. The van der Waals surface area contributed by atoms with Crippen LogP contribution < -0.4 is 9.62 Å². The van der Waals surface area contributed by atoms with Gasteiger partial charge in [-0.15, -0.1) is 0 Å². The van der Waals surface area contributed by atoms with Crippen LogP contribution in [0.5, 0.6) is 0 Å². The molecule has 1 aliphatic rings. The normalized spacial score (nSPS) is 18.2. The summed E-state index contributed by atoms with van der Waals surface area (Å²) in [7, 11) is 0.164. The van der Waals surface area contributed by atoms with Crippen molar-refractivity contribution in [3.05, 3.63) is 23.8 Å². The molecule has 0 spiro atoms. The molecule has 1 fully saturated rings. The summed E-state index contributed by atoms with van der Waals surface area (Å²) in [5.41, 5.74) is 0.995. The Morgan fingerprint density at radius 1 is 1.23 bits per heavy atom. The molecule has 0 unspecified atom stereocenters. The second-order valence-corrected chi connectivity index (χ2v) is 8.22. The molecule has 1 saturated carbocycles. The zero-order valence-electron chi connectivity index (χ0n) is 13.6. The van der Waals surface area contributed by atoms with Gasteiger partial charge in [-0.25, -0.2) is 13.1 Å². The average Bonchev–Trinajstić information content (AvgIpc) is 2.46. The van der Waals surface area contributed by atoms with Crippen molar-refractivity contribution in [1.29, 1.82) is 0 Å². The predicted octanol–water partition coefficient (Wildman–Crippen LogP) is 2.03. The lowest BCUT2D eigenvalue weighted by Crippen LogP contribution is -2.44. The van der Waals surface area contributed by atoms with Crippen molar-refractivity contribution in [3.8, 4) is 0 Å². The number of sulfonamides is 1. The first-order chi connectivity index (χ1) is 10.2. The topological polar surface area (TPSA) is 69.6 Å². The Morgan fingerprint density at radius 2 is 1.86 bits per heavy atom. The minimum Gasteiger partial charge on any atom is -0.389 e. The largest absolute Gasteiger partial charge is 0.389 e. The fourth-order valence-corrected chi connectivity index (χ4v) is 4.08. The van der Waals surface area contributed by atoms with Crippen molar-refractivity contribution >= 4 is 15.7 Å². The zero-order valence-corrected chi connectivity index (χ0v) is 14.4. The summed E-state index contributed by atoms with van der Waals surface area (Å²) in [6.07, 6.45) is 4.33. The number of rotatable bonds is 5. The van der Waals surface area contributed by atoms with Crippen molar-refractivity contribution in [2.24, 2.45) is 0 Å². The van der Waals surface area contributed by atoms with E-state index < -0.39 is 15.6 Å². The van der Waals surface area contributed by atoms with E-state index >= 15 is 0 Å². The molecule has 124 valence electrons. The summed E-state index contributed by atoms with van der Waals surface area (Å²) >= 11 is 0. The smallest absolute Gasteiger partial charge is 0.240 e. The third-order valence-electron chi connectivity index (χ3n) is 4.35. The lowest BCUT2D eigenvalue weighted by atomic mass is 9.85. The summed E-state index contributed by atoms with van der Waals surface area (Å²) < 4.78 is 27.5. The second-order valence-electron chi connectivity index (χ2n) is 6.45. The molecule has 0 saturated heterocycles. The van der Waals surface area contributed by atoms with Crippen molar-refractivity contribution in [2.45, 2.75) is 49.5 Å². The highest BCUT2D eigenvalue weighted by Gasteiger charge is 2.31. The number of aryl methyl sites for hydroxylation is 1. The Kier molecular flexibility index (Phi) is 5.14. The van der Waals surface area contributed by atoms with Gasteiger partial charge in [0, 0.05) is 26.3 Å². The Balaban J connectivity index is 2.15. The summed E-state index contributed by atoms with van der Waals surface area (Å²) in [6.45, 7) is 2.03. The van der Waals surface area contributed by atoms with Gasteiger partial charge in [0.15, 0.2) is 0 Å². The molecule has 1 aliphatic carbocycles. The first-order valence-corrected chi connectivity index (χ1v) is 9.22. The lowest BCUT2D eigenvalue weighted by molar-refractivity contribution is 0.00945. The highest BCUT2D eigenvalue weighted by atomic mass is 32.2. The SMILES string of the molecule is Cc1ccc(S(=O)(=O)NCC2(O)CCCCC2)cc1N(C)C. The molecule has 0 radical (unpaired) electrons. The molecule has 1 aromatic rings. The summed E-state index contributed by atoms with van der Waals surface area (Å²) in [6, 6.07) is 5.08. The molecule has 0 aliphatic heterocycles. The van der Waals surface area contributed by atoms with Gasteiger partial charge in [0.2, 0.25) is 10.0 Å². The van der Waals surface area contributed by atoms with E-state index in [9.17, 15) is 13.5 Å². The van der Waals surface area contributed by atoms with Crippen molar-refractivity contribution < 1.29 is 13.5 Å². The van der Waals surface area contributed by atoms with E-state index in [1.54, 1.807) is 18.2 Å². The number of benzene rings is 1. The summed E-state index contributed by atoms with van der Waals surface area (Å²) in [5, 5.41) is 10.4. The van der Waals surface area contributed by atoms with E-state index in [1.807, 2.05) is 25.9 Å². The average molecular weight is 326 g/mol. The van der Waals surface area contributed by atoms with Crippen molar-refractivity contribution in [3.63, 3.8) is 0 Å². The molecular formula is C16H26N2O3S. The third kappa shape index (κ3) is 4.00. The standard InChI is InChI=1S/C16H26N2O3S/c1-13-7-8-14(11-15(13)18(2)3)22(20,21)17-12-16(19)9-5-4-6-10-16/h7-8,11,17,19H,4-6,9-10,12H2,1-3H3. The molecule has 5 nitrogen and oxygen atoms in total. The van der Waals surface area contributed by atoms with Crippen LogP contribution in [0.1, 0.15) is 37.7 Å². The monoisotopic (exact) mass is 326 g/mol. The molecule has 0 aromatic heterocycles. The number of hydrogen-bond donors (Lipinski definition) is 2. The van der Waals surface area contributed by atoms with Crippen LogP contribution >= 0.6 is 0 Å². The predicted molar refractivity (Wildman–Crippen MR) is 88.7 cm³/mol. The quantitative estimate of drug-likeness (QED) is 0.869. The van der Waals surface area contributed by atoms with Crippen LogP contribution in [-0.2, 0) is 10.0 Å². The molecule has 6 heteroatoms. The van der Waals surface area contributed by atoms with E-state index in [-0.39, 0.29) is 11.4 Å². The summed E-state index contributed by atoms with van der Waals surface area (Å²) in [4.78, 5) is 2.13. The molecule has 0 heterocycles. The Morgan fingerprint density at radius 3 is 2.45 bits per heavy atom. The minimum absolute atomic E-state index is 0.0838.